The van der Waals surface area contributed by atoms with Crippen LogP contribution in [-0.2, 0) is 9.53 Å². The van der Waals surface area contributed by atoms with Crippen LogP contribution in [0.3, 0.4) is 0 Å². The van der Waals surface area contributed by atoms with E-state index in [2.05, 4.69) is 0 Å². The van der Waals surface area contributed by atoms with Gasteiger partial charge >= 0.3 is 0 Å². The maximum Gasteiger partial charge on any atom is 0.187 e. The second-order valence-corrected chi connectivity index (χ2v) is 3.43. The maximum atomic E-state index is 11.4. The molecule has 12 heavy (non-hydrogen) atoms. The molecule has 1 unspecified atom stereocenters. The van der Waals surface area contributed by atoms with Gasteiger partial charge in [-0.25, -0.2) is 0 Å². The Balaban J connectivity index is 2.24. The number of carbonyl (C=O) groups excluding carboxylic acids is 1. The highest BCUT2D eigenvalue weighted by Crippen LogP contribution is 2.36. The van der Waals surface area contributed by atoms with Gasteiger partial charge in [0.15, 0.2) is 12.1 Å². The van der Waals surface area contributed by atoms with Gasteiger partial charge in [-0.3, -0.25) is 4.79 Å². The van der Waals surface area contributed by atoms with Crippen molar-refractivity contribution in [3.63, 3.8) is 0 Å². The summed E-state index contributed by atoms with van der Waals surface area (Å²) in [7, 11) is 0. The van der Waals surface area contributed by atoms with Crippen molar-refractivity contribution in [2.75, 3.05) is 0 Å². The average molecular weight is 168 g/mol. The summed E-state index contributed by atoms with van der Waals surface area (Å²) in [6, 6.07) is 0. The summed E-state index contributed by atoms with van der Waals surface area (Å²) in [5.74, 6) is 0.0188. The third kappa shape index (κ3) is 1.09. The van der Waals surface area contributed by atoms with Crippen LogP contribution in [-0.4, -0.2) is 22.8 Å². The summed E-state index contributed by atoms with van der Waals surface area (Å²) in [6.45, 7) is 0. The van der Waals surface area contributed by atoms with E-state index in [1.165, 1.54) is 12.2 Å². The van der Waals surface area contributed by atoms with Crippen molar-refractivity contribution < 1.29 is 14.6 Å². The third-order valence-electron chi connectivity index (χ3n) is 2.62. The molecule has 1 saturated carbocycles. The quantitative estimate of drug-likeness (QED) is 0.581. The van der Waals surface area contributed by atoms with Gasteiger partial charge in [0.25, 0.3) is 0 Å². The van der Waals surface area contributed by atoms with E-state index in [9.17, 15) is 9.90 Å². The first-order valence-corrected chi connectivity index (χ1v) is 4.31. The zero-order chi connectivity index (χ0) is 8.60. The van der Waals surface area contributed by atoms with Crippen molar-refractivity contribution in [2.45, 2.75) is 37.6 Å². The minimum Gasteiger partial charge on any atom is -0.365 e. The molecule has 1 aliphatic heterocycles. The lowest BCUT2D eigenvalue weighted by molar-refractivity contribution is -0.177. The fourth-order valence-electron chi connectivity index (χ4n) is 1.96. The Kier molecular flexibility index (Phi) is 1.77. The molecule has 0 aromatic carbocycles. The zero-order valence-electron chi connectivity index (χ0n) is 6.82. The Bertz CT molecular complexity index is 226. The Morgan fingerprint density at radius 3 is 2.83 bits per heavy atom. The van der Waals surface area contributed by atoms with Crippen molar-refractivity contribution >= 4 is 5.78 Å². The molecular weight excluding hydrogens is 156 g/mol. The topological polar surface area (TPSA) is 46.5 Å². The van der Waals surface area contributed by atoms with Crippen molar-refractivity contribution in [3.8, 4) is 0 Å². The number of ether oxygens (including phenoxy) is 1. The van der Waals surface area contributed by atoms with Crippen LogP contribution in [0.15, 0.2) is 12.2 Å². The molecule has 0 saturated heterocycles. The van der Waals surface area contributed by atoms with E-state index < -0.39 is 11.9 Å². The van der Waals surface area contributed by atoms with Gasteiger partial charge in [0.2, 0.25) is 0 Å². The molecule has 2 aliphatic rings. The normalized spacial score (nSPS) is 33.1. The number of hydrogen-bond acceptors (Lipinski definition) is 3. The van der Waals surface area contributed by atoms with Gasteiger partial charge < -0.3 is 9.84 Å². The summed E-state index contributed by atoms with van der Waals surface area (Å²) >= 11 is 0. The number of aliphatic hydroxyl groups is 1. The highest BCUT2D eigenvalue weighted by molar-refractivity contribution is 5.97. The summed E-state index contributed by atoms with van der Waals surface area (Å²) < 4.78 is 5.27. The van der Waals surface area contributed by atoms with Crippen LogP contribution >= 0.6 is 0 Å². The second-order valence-electron chi connectivity index (χ2n) is 3.43. The summed E-state index contributed by atoms with van der Waals surface area (Å²) in [4.78, 5) is 11.4. The molecule has 1 atom stereocenters. The minimum atomic E-state index is -0.888. The van der Waals surface area contributed by atoms with Gasteiger partial charge in [-0.2, -0.15) is 0 Å². The van der Waals surface area contributed by atoms with E-state index in [1.807, 2.05) is 0 Å². The van der Waals surface area contributed by atoms with Crippen LogP contribution in [0.1, 0.15) is 25.7 Å². The van der Waals surface area contributed by atoms with Crippen LogP contribution in [0, 0.1) is 0 Å². The van der Waals surface area contributed by atoms with Crippen molar-refractivity contribution in [1.82, 2.24) is 0 Å². The van der Waals surface area contributed by atoms with Gasteiger partial charge in [-0.15, -0.1) is 0 Å². The average Bonchev–Trinajstić information content (AvgIpc) is 2.48. The molecule has 2 rings (SSSR count). The predicted octanol–water partition coefficient (Wildman–Crippen LogP) is 0.773. The first-order valence-electron chi connectivity index (χ1n) is 4.31. The van der Waals surface area contributed by atoms with E-state index in [-0.39, 0.29) is 5.78 Å². The van der Waals surface area contributed by atoms with Crippen LogP contribution < -0.4 is 0 Å². The lowest BCUT2D eigenvalue weighted by Gasteiger charge is -2.31. The Labute approximate surface area is 71.0 Å². The smallest absolute Gasteiger partial charge is 0.187 e. The van der Waals surface area contributed by atoms with E-state index in [4.69, 9.17) is 4.74 Å². The van der Waals surface area contributed by atoms with E-state index >= 15 is 0 Å². The monoisotopic (exact) mass is 168 g/mol. The van der Waals surface area contributed by atoms with Gasteiger partial charge in [0.1, 0.15) is 5.60 Å². The Morgan fingerprint density at radius 2 is 2.17 bits per heavy atom. The fourth-order valence-corrected chi connectivity index (χ4v) is 1.96. The first kappa shape index (κ1) is 7.95. The molecule has 0 aromatic rings. The number of carbonyl (C=O) groups is 1. The molecule has 0 bridgehead atoms. The zero-order valence-corrected chi connectivity index (χ0v) is 6.82. The minimum absolute atomic E-state index is 0.0188. The fraction of sp³-hybridized carbons (Fsp3) is 0.667. The molecule has 1 heterocycles. The van der Waals surface area contributed by atoms with Gasteiger partial charge in [-0.05, 0) is 37.8 Å². The molecule has 0 radical (unpaired) electrons. The van der Waals surface area contributed by atoms with Crippen LogP contribution in [0.5, 0.6) is 0 Å². The molecule has 1 aliphatic carbocycles. The summed E-state index contributed by atoms with van der Waals surface area (Å²) in [6.07, 6.45) is 5.51. The van der Waals surface area contributed by atoms with E-state index in [1.54, 1.807) is 0 Å². The second kappa shape index (κ2) is 2.68. The van der Waals surface area contributed by atoms with Gasteiger partial charge in [-0.1, -0.05) is 0 Å². The predicted molar refractivity (Wildman–Crippen MR) is 42.4 cm³/mol. The lowest BCUT2D eigenvalue weighted by atomic mass is 9.94. The Hall–Kier alpha value is -0.670. The molecule has 3 heteroatoms. The third-order valence-corrected chi connectivity index (χ3v) is 2.62. The Morgan fingerprint density at radius 1 is 1.50 bits per heavy atom. The molecule has 0 amide bonds. The van der Waals surface area contributed by atoms with E-state index in [0.29, 0.717) is 0 Å². The molecular formula is C9H12O3. The van der Waals surface area contributed by atoms with Crippen molar-refractivity contribution in [1.29, 1.82) is 0 Å². The summed E-state index contributed by atoms with van der Waals surface area (Å²) in [5, 5.41) is 9.19. The van der Waals surface area contributed by atoms with Crippen LogP contribution in [0.2, 0.25) is 0 Å². The highest BCUT2D eigenvalue weighted by Gasteiger charge is 2.43. The largest absolute Gasteiger partial charge is 0.365 e. The van der Waals surface area contributed by atoms with Crippen molar-refractivity contribution in [3.05, 3.63) is 12.2 Å². The number of rotatable bonds is 0. The maximum absolute atomic E-state index is 11.4. The standard InChI is InChI=1S/C9H12O3/c10-7-3-4-8(11)12-9(7)5-1-2-6-9/h3-4,8,11H,1-2,5-6H2. The van der Waals surface area contributed by atoms with Gasteiger partial charge in [0.05, 0.1) is 0 Å². The highest BCUT2D eigenvalue weighted by atomic mass is 16.6. The van der Waals surface area contributed by atoms with E-state index in [0.717, 1.165) is 25.7 Å². The molecule has 1 spiro atoms. The molecule has 1 fully saturated rings. The van der Waals surface area contributed by atoms with Crippen LogP contribution in [0.25, 0.3) is 0 Å². The molecule has 3 nitrogen and oxygen atoms in total. The number of ketones is 1. The molecule has 66 valence electrons. The lowest BCUT2D eigenvalue weighted by Crippen LogP contribution is -2.43. The number of hydrogen-bond donors (Lipinski definition) is 1. The summed E-state index contributed by atoms with van der Waals surface area (Å²) in [5.41, 5.74) is -0.672. The molecule has 1 N–H and O–H groups in total. The van der Waals surface area contributed by atoms with Crippen LogP contribution in [0.4, 0.5) is 0 Å². The first-order chi connectivity index (χ1) is 5.73. The molecule has 0 aromatic heterocycles. The number of aliphatic hydroxyl groups excluding tert-OH is 1. The SMILES string of the molecule is O=C1C=CC(O)OC12CCCC2. The van der Waals surface area contributed by atoms with Gasteiger partial charge in [0, 0.05) is 0 Å². The van der Waals surface area contributed by atoms with Crippen molar-refractivity contribution in [2.24, 2.45) is 0 Å².